The van der Waals surface area contributed by atoms with Crippen LogP contribution in [-0.4, -0.2) is 11.1 Å². The summed E-state index contributed by atoms with van der Waals surface area (Å²) < 4.78 is 5.73. The first-order valence-corrected chi connectivity index (χ1v) is 8.46. The van der Waals surface area contributed by atoms with E-state index in [1.165, 1.54) is 23.3 Å². The fraction of sp³-hybridized carbons (Fsp3) is 0.471. The highest BCUT2D eigenvalue weighted by atomic mass is 32.1. The summed E-state index contributed by atoms with van der Waals surface area (Å²) in [6.45, 7) is 4.04. The summed E-state index contributed by atoms with van der Waals surface area (Å²) in [4.78, 5) is 5.80. The molecule has 0 aromatic carbocycles. The molecule has 0 fully saturated rings. The van der Waals surface area contributed by atoms with Gasteiger partial charge in [0.05, 0.1) is 12.3 Å². The molecule has 2 aromatic heterocycles. The Balaban J connectivity index is 1.84. The second kappa shape index (κ2) is 6.16. The van der Waals surface area contributed by atoms with Gasteiger partial charge in [0.25, 0.3) is 0 Å². The number of nitrogens with two attached hydrogens (primary N) is 1. The van der Waals surface area contributed by atoms with E-state index < -0.39 is 0 Å². The van der Waals surface area contributed by atoms with Crippen molar-refractivity contribution in [2.75, 3.05) is 0 Å². The molecule has 0 saturated heterocycles. The van der Waals surface area contributed by atoms with Crippen molar-refractivity contribution in [3.8, 4) is 5.75 Å². The lowest BCUT2D eigenvalue weighted by molar-refractivity contribution is 0.241. The van der Waals surface area contributed by atoms with Gasteiger partial charge in [0.15, 0.2) is 0 Å². The van der Waals surface area contributed by atoms with Crippen molar-refractivity contribution in [2.24, 2.45) is 5.73 Å². The van der Waals surface area contributed by atoms with Gasteiger partial charge in [-0.25, -0.2) is 0 Å². The van der Waals surface area contributed by atoms with Crippen LogP contribution < -0.4 is 10.5 Å². The first-order chi connectivity index (χ1) is 10.1. The number of rotatable bonds is 4. The Labute approximate surface area is 130 Å². The monoisotopic (exact) mass is 302 g/mol. The highest BCUT2D eigenvalue weighted by Gasteiger charge is 2.27. The summed E-state index contributed by atoms with van der Waals surface area (Å²) >= 11 is 1.86. The van der Waals surface area contributed by atoms with Crippen molar-refractivity contribution >= 4 is 11.3 Å². The van der Waals surface area contributed by atoms with Gasteiger partial charge in [0.1, 0.15) is 5.75 Å². The van der Waals surface area contributed by atoms with Gasteiger partial charge in [-0.2, -0.15) is 0 Å². The zero-order chi connectivity index (χ0) is 14.8. The zero-order valence-electron chi connectivity index (χ0n) is 12.6. The Morgan fingerprint density at radius 3 is 3.05 bits per heavy atom. The normalized spacial score (nSPS) is 19.3. The Kier molecular flexibility index (Phi) is 4.27. The quantitative estimate of drug-likeness (QED) is 0.927. The van der Waals surface area contributed by atoms with Gasteiger partial charge in [-0.1, -0.05) is 0 Å². The first-order valence-electron chi connectivity index (χ1n) is 7.58. The number of thiophene rings is 1. The minimum atomic E-state index is -0.0122. The molecule has 1 aliphatic rings. The summed E-state index contributed by atoms with van der Waals surface area (Å²) in [6.07, 6.45) is 7.36. The number of fused-ring (bicyclic) bond motifs is 1. The summed E-state index contributed by atoms with van der Waals surface area (Å²) in [5.74, 6) is 1.20. The van der Waals surface area contributed by atoms with Crippen LogP contribution in [0, 0.1) is 0 Å². The standard InChI is InChI=1S/C17H22N2OS/c1-11(2)20-13-8-12(9-19-10-13)17(18)15-4-3-5-16-14(15)6-7-21-16/h6-11,15,17H,3-5,18H2,1-2H3. The minimum Gasteiger partial charge on any atom is -0.489 e. The van der Waals surface area contributed by atoms with Crippen LogP contribution in [0.3, 0.4) is 0 Å². The molecule has 2 unspecified atom stereocenters. The maximum absolute atomic E-state index is 6.55. The van der Waals surface area contributed by atoms with E-state index >= 15 is 0 Å². The third-order valence-electron chi connectivity index (χ3n) is 4.02. The average Bonchev–Trinajstić information content (AvgIpc) is 2.94. The lowest BCUT2D eigenvalue weighted by atomic mass is 9.80. The Morgan fingerprint density at radius 1 is 1.38 bits per heavy atom. The molecule has 2 heterocycles. The molecule has 0 bridgehead atoms. The summed E-state index contributed by atoms with van der Waals surface area (Å²) in [5, 5.41) is 2.19. The van der Waals surface area contributed by atoms with Crippen molar-refractivity contribution < 1.29 is 4.74 Å². The lowest BCUT2D eigenvalue weighted by Crippen LogP contribution is -2.23. The number of hydrogen-bond donors (Lipinski definition) is 1. The molecule has 0 aliphatic heterocycles. The van der Waals surface area contributed by atoms with E-state index in [0.717, 1.165) is 17.7 Å². The Bertz CT molecular complexity index is 608. The van der Waals surface area contributed by atoms with Gasteiger partial charge in [-0.15, -0.1) is 11.3 Å². The van der Waals surface area contributed by atoms with Crippen molar-refractivity contribution in [3.63, 3.8) is 0 Å². The van der Waals surface area contributed by atoms with Gasteiger partial charge >= 0.3 is 0 Å². The third kappa shape index (κ3) is 3.11. The molecule has 2 N–H and O–H groups in total. The largest absolute Gasteiger partial charge is 0.489 e. The van der Waals surface area contributed by atoms with Crippen LogP contribution in [0.5, 0.6) is 5.75 Å². The van der Waals surface area contributed by atoms with Crippen LogP contribution >= 0.6 is 11.3 Å². The summed E-state index contributed by atoms with van der Waals surface area (Å²) in [6, 6.07) is 4.27. The van der Waals surface area contributed by atoms with E-state index in [2.05, 4.69) is 16.4 Å². The molecule has 0 radical (unpaired) electrons. The number of aromatic nitrogens is 1. The minimum absolute atomic E-state index is 0.0122. The molecule has 0 saturated carbocycles. The topological polar surface area (TPSA) is 48.1 Å². The van der Waals surface area contributed by atoms with Crippen molar-refractivity contribution in [2.45, 2.75) is 51.2 Å². The summed E-state index contributed by atoms with van der Waals surface area (Å²) in [5.41, 5.74) is 9.06. The van der Waals surface area contributed by atoms with Crippen molar-refractivity contribution in [1.29, 1.82) is 0 Å². The van der Waals surface area contributed by atoms with Crippen LogP contribution in [0.4, 0.5) is 0 Å². The van der Waals surface area contributed by atoms with Crippen LogP contribution in [0.2, 0.25) is 0 Å². The van der Waals surface area contributed by atoms with E-state index in [9.17, 15) is 0 Å². The van der Waals surface area contributed by atoms with E-state index in [4.69, 9.17) is 10.5 Å². The van der Waals surface area contributed by atoms with E-state index in [1.807, 2.05) is 37.4 Å². The van der Waals surface area contributed by atoms with Crippen LogP contribution in [0.1, 0.15) is 54.7 Å². The van der Waals surface area contributed by atoms with Gasteiger partial charge in [0.2, 0.25) is 0 Å². The molecule has 3 nitrogen and oxygen atoms in total. The number of hydrogen-bond acceptors (Lipinski definition) is 4. The molecule has 112 valence electrons. The molecular formula is C17H22N2OS. The van der Waals surface area contributed by atoms with Crippen LogP contribution in [0.15, 0.2) is 29.9 Å². The molecule has 0 spiro atoms. The number of nitrogens with zero attached hydrogens (tertiary/aromatic N) is 1. The molecule has 0 amide bonds. The molecule has 1 aliphatic carbocycles. The Hall–Kier alpha value is -1.39. The lowest BCUT2D eigenvalue weighted by Gasteiger charge is -2.28. The van der Waals surface area contributed by atoms with Crippen LogP contribution in [-0.2, 0) is 6.42 Å². The zero-order valence-corrected chi connectivity index (χ0v) is 13.4. The second-order valence-corrected chi connectivity index (χ2v) is 6.94. The number of ether oxygens (including phenoxy) is 1. The van der Waals surface area contributed by atoms with Crippen molar-refractivity contribution in [1.82, 2.24) is 4.98 Å². The van der Waals surface area contributed by atoms with Crippen LogP contribution in [0.25, 0.3) is 0 Å². The molecule has 3 rings (SSSR count). The molecule has 2 aromatic rings. The van der Waals surface area contributed by atoms with Gasteiger partial charge in [0, 0.05) is 23.0 Å². The fourth-order valence-electron chi connectivity index (χ4n) is 3.08. The van der Waals surface area contributed by atoms with E-state index in [1.54, 1.807) is 6.20 Å². The number of aryl methyl sites for hydroxylation is 1. The predicted octanol–water partition coefficient (Wildman–Crippen LogP) is 4.05. The third-order valence-corrected chi connectivity index (χ3v) is 5.02. The molecule has 21 heavy (non-hydrogen) atoms. The van der Waals surface area contributed by atoms with E-state index in [-0.39, 0.29) is 12.1 Å². The van der Waals surface area contributed by atoms with Gasteiger partial charge in [-0.05, 0) is 61.7 Å². The fourth-order valence-corrected chi connectivity index (χ4v) is 4.08. The van der Waals surface area contributed by atoms with Gasteiger partial charge < -0.3 is 10.5 Å². The highest BCUT2D eigenvalue weighted by Crippen LogP contribution is 2.41. The SMILES string of the molecule is CC(C)Oc1cncc(C(N)C2CCCc3sccc32)c1. The average molecular weight is 302 g/mol. The molecule has 4 heteroatoms. The predicted molar refractivity (Wildman–Crippen MR) is 86.9 cm³/mol. The maximum atomic E-state index is 6.55. The van der Waals surface area contributed by atoms with E-state index in [0.29, 0.717) is 5.92 Å². The summed E-state index contributed by atoms with van der Waals surface area (Å²) in [7, 11) is 0. The van der Waals surface area contributed by atoms with Gasteiger partial charge in [-0.3, -0.25) is 4.98 Å². The Morgan fingerprint density at radius 2 is 2.24 bits per heavy atom. The molecule has 2 atom stereocenters. The first kappa shape index (κ1) is 14.5. The number of pyridine rings is 1. The highest BCUT2D eigenvalue weighted by molar-refractivity contribution is 7.10. The second-order valence-electron chi connectivity index (χ2n) is 5.94. The maximum Gasteiger partial charge on any atom is 0.138 e. The molecular weight excluding hydrogens is 280 g/mol. The smallest absolute Gasteiger partial charge is 0.138 e. The van der Waals surface area contributed by atoms with Crippen molar-refractivity contribution in [3.05, 3.63) is 45.9 Å².